The van der Waals surface area contributed by atoms with Crippen LogP contribution in [0.4, 0.5) is 0 Å². The predicted octanol–water partition coefficient (Wildman–Crippen LogP) is 3.41. The molecule has 2 aromatic rings. The standard InChI is InChI=1S/C13H12BrNO4/c1-8(12-6-11(13(16)17)15-19-12)18-7-9-2-4-10(14)5-3-9/h2-6,8H,7H2,1H3,(H,16,17). The van der Waals surface area contributed by atoms with Crippen molar-refractivity contribution in [3.63, 3.8) is 0 Å². The number of carbonyl (C=O) groups is 1. The van der Waals surface area contributed by atoms with E-state index in [2.05, 4.69) is 21.1 Å². The summed E-state index contributed by atoms with van der Waals surface area (Å²) >= 11 is 3.36. The number of carboxylic acids is 1. The first kappa shape index (κ1) is 13.8. The molecule has 6 heteroatoms. The summed E-state index contributed by atoms with van der Waals surface area (Å²) < 4.78 is 11.5. The second-order valence-electron chi connectivity index (χ2n) is 4.00. The zero-order chi connectivity index (χ0) is 13.8. The van der Waals surface area contributed by atoms with E-state index in [9.17, 15) is 4.79 Å². The number of carboxylic acid groups (broad SMARTS) is 1. The van der Waals surface area contributed by atoms with Crippen LogP contribution in [0.25, 0.3) is 0 Å². The number of aromatic carboxylic acids is 1. The molecule has 1 aromatic heterocycles. The molecule has 0 fully saturated rings. The Morgan fingerprint density at radius 3 is 2.74 bits per heavy atom. The summed E-state index contributed by atoms with van der Waals surface area (Å²) in [5.74, 6) is -0.718. The molecular weight excluding hydrogens is 314 g/mol. The van der Waals surface area contributed by atoms with Gasteiger partial charge in [0.15, 0.2) is 11.5 Å². The third-order valence-electron chi connectivity index (χ3n) is 2.56. The van der Waals surface area contributed by atoms with Gasteiger partial charge in [-0.2, -0.15) is 0 Å². The number of rotatable bonds is 5. The van der Waals surface area contributed by atoms with Gasteiger partial charge in [-0.3, -0.25) is 0 Å². The average Bonchev–Trinajstić information content (AvgIpc) is 2.87. The topological polar surface area (TPSA) is 72.6 Å². The van der Waals surface area contributed by atoms with Crippen LogP contribution in [0.15, 0.2) is 39.3 Å². The first-order valence-corrected chi connectivity index (χ1v) is 6.41. The SMILES string of the molecule is CC(OCc1ccc(Br)cc1)c1cc(C(=O)O)no1. The minimum Gasteiger partial charge on any atom is -0.476 e. The highest BCUT2D eigenvalue weighted by atomic mass is 79.9. The average molecular weight is 326 g/mol. The van der Waals surface area contributed by atoms with Crippen LogP contribution in [0.3, 0.4) is 0 Å². The van der Waals surface area contributed by atoms with Gasteiger partial charge in [0.25, 0.3) is 0 Å². The van der Waals surface area contributed by atoms with Crippen LogP contribution >= 0.6 is 15.9 Å². The van der Waals surface area contributed by atoms with Crippen molar-refractivity contribution in [1.29, 1.82) is 0 Å². The summed E-state index contributed by atoms with van der Waals surface area (Å²) in [5.41, 5.74) is 0.905. The number of hydrogen-bond donors (Lipinski definition) is 1. The van der Waals surface area contributed by atoms with Crippen molar-refractivity contribution in [2.45, 2.75) is 19.6 Å². The Kier molecular flexibility index (Phi) is 4.34. The molecule has 0 aliphatic carbocycles. The van der Waals surface area contributed by atoms with Gasteiger partial charge in [-0.1, -0.05) is 33.2 Å². The summed E-state index contributed by atoms with van der Waals surface area (Å²) in [5, 5.41) is 12.2. The quantitative estimate of drug-likeness (QED) is 0.911. The van der Waals surface area contributed by atoms with Gasteiger partial charge >= 0.3 is 5.97 Å². The van der Waals surface area contributed by atoms with Gasteiger partial charge in [-0.25, -0.2) is 4.79 Å². The Hall–Kier alpha value is -1.66. The maximum atomic E-state index is 10.7. The zero-order valence-corrected chi connectivity index (χ0v) is 11.8. The largest absolute Gasteiger partial charge is 0.476 e. The lowest BCUT2D eigenvalue weighted by atomic mass is 10.2. The molecule has 0 aliphatic heterocycles. The van der Waals surface area contributed by atoms with Gasteiger partial charge in [0.2, 0.25) is 0 Å². The van der Waals surface area contributed by atoms with Crippen molar-refractivity contribution in [1.82, 2.24) is 5.16 Å². The number of hydrogen-bond acceptors (Lipinski definition) is 4. The van der Waals surface area contributed by atoms with Gasteiger partial charge in [-0.05, 0) is 24.6 Å². The minimum absolute atomic E-state index is 0.117. The van der Waals surface area contributed by atoms with Crippen LogP contribution < -0.4 is 0 Å². The third-order valence-corrected chi connectivity index (χ3v) is 3.09. The second-order valence-corrected chi connectivity index (χ2v) is 4.92. The highest BCUT2D eigenvalue weighted by molar-refractivity contribution is 9.10. The predicted molar refractivity (Wildman–Crippen MR) is 70.8 cm³/mol. The fourth-order valence-electron chi connectivity index (χ4n) is 1.47. The molecule has 1 N–H and O–H groups in total. The van der Waals surface area contributed by atoms with Crippen LogP contribution in [0.1, 0.15) is 34.8 Å². The molecule has 2 rings (SSSR count). The number of nitrogens with zero attached hydrogens (tertiary/aromatic N) is 1. The van der Waals surface area contributed by atoms with Crippen LogP contribution in [0.5, 0.6) is 0 Å². The van der Waals surface area contributed by atoms with Crippen molar-refractivity contribution >= 4 is 21.9 Å². The lowest BCUT2D eigenvalue weighted by Gasteiger charge is -2.09. The van der Waals surface area contributed by atoms with E-state index in [-0.39, 0.29) is 11.8 Å². The molecule has 0 bridgehead atoms. The van der Waals surface area contributed by atoms with Gasteiger partial charge in [0.05, 0.1) is 6.61 Å². The number of benzene rings is 1. The summed E-state index contributed by atoms with van der Waals surface area (Å²) in [6.07, 6.45) is -0.357. The van der Waals surface area contributed by atoms with Gasteiger partial charge in [-0.15, -0.1) is 0 Å². The van der Waals surface area contributed by atoms with Crippen molar-refractivity contribution in [2.24, 2.45) is 0 Å². The van der Waals surface area contributed by atoms with E-state index in [1.807, 2.05) is 24.3 Å². The molecule has 1 unspecified atom stereocenters. The second kappa shape index (κ2) is 5.99. The van der Waals surface area contributed by atoms with E-state index in [0.29, 0.717) is 12.4 Å². The third kappa shape index (κ3) is 3.65. The van der Waals surface area contributed by atoms with Crippen LogP contribution in [0, 0.1) is 0 Å². The van der Waals surface area contributed by atoms with Crippen molar-refractivity contribution in [2.75, 3.05) is 0 Å². The van der Waals surface area contributed by atoms with E-state index in [4.69, 9.17) is 14.4 Å². The highest BCUT2D eigenvalue weighted by Crippen LogP contribution is 2.20. The molecule has 5 nitrogen and oxygen atoms in total. The summed E-state index contributed by atoms with van der Waals surface area (Å²) in [4.78, 5) is 10.7. The summed E-state index contributed by atoms with van der Waals surface area (Å²) in [7, 11) is 0. The highest BCUT2D eigenvalue weighted by Gasteiger charge is 2.16. The molecule has 0 radical (unpaired) electrons. The van der Waals surface area contributed by atoms with E-state index in [1.54, 1.807) is 6.92 Å². The Labute approximate surface area is 118 Å². The maximum Gasteiger partial charge on any atom is 0.358 e. The molecule has 0 saturated heterocycles. The Balaban J connectivity index is 1.95. The number of aromatic nitrogens is 1. The van der Waals surface area contributed by atoms with Crippen LogP contribution in [-0.2, 0) is 11.3 Å². The fraction of sp³-hybridized carbons (Fsp3) is 0.231. The first-order chi connectivity index (χ1) is 9.06. The fourth-order valence-corrected chi connectivity index (χ4v) is 1.73. The Bertz CT molecular complexity index is 564. The van der Waals surface area contributed by atoms with Crippen molar-refractivity contribution in [3.05, 3.63) is 51.8 Å². The summed E-state index contributed by atoms with van der Waals surface area (Å²) in [6, 6.07) is 9.12. The molecule has 0 aliphatic rings. The molecule has 0 amide bonds. The zero-order valence-electron chi connectivity index (χ0n) is 10.2. The summed E-state index contributed by atoms with van der Waals surface area (Å²) in [6.45, 7) is 2.20. The molecule has 1 aromatic carbocycles. The van der Waals surface area contributed by atoms with E-state index in [0.717, 1.165) is 10.0 Å². The number of ether oxygens (including phenoxy) is 1. The number of halogens is 1. The van der Waals surface area contributed by atoms with Gasteiger partial charge < -0.3 is 14.4 Å². The van der Waals surface area contributed by atoms with Crippen LogP contribution in [-0.4, -0.2) is 16.2 Å². The molecule has 19 heavy (non-hydrogen) atoms. The van der Waals surface area contributed by atoms with Gasteiger partial charge in [0, 0.05) is 10.5 Å². The van der Waals surface area contributed by atoms with E-state index in [1.165, 1.54) is 6.07 Å². The minimum atomic E-state index is -1.12. The van der Waals surface area contributed by atoms with E-state index >= 15 is 0 Å². The smallest absolute Gasteiger partial charge is 0.358 e. The van der Waals surface area contributed by atoms with E-state index < -0.39 is 5.97 Å². The van der Waals surface area contributed by atoms with Crippen molar-refractivity contribution < 1.29 is 19.2 Å². The van der Waals surface area contributed by atoms with Crippen molar-refractivity contribution in [3.8, 4) is 0 Å². The Morgan fingerprint density at radius 1 is 1.47 bits per heavy atom. The van der Waals surface area contributed by atoms with Crippen LogP contribution in [0.2, 0.25) is 0 Å². The van der Waals surface area contributed by atoms with Gasteiger partial charge in [0.1, 0.15) is 6.10 Å². The maximum absolute atomic E-state index is 10.7. The first-order valence-electron chi connectivity index (χ1n) is 5.62. The normalized spacial score (nSPS) is 12.3. The lowest BCUT2D eigenvalue weighted by molar-refractivity contribution is 0.0341. The molecule has 100 valence electrons. The molecule has 0 saturated carbocycles. The monoisotopic (exact) mass is 325 g/mol. The molecular formula is C13H12BrNO4. The molecule has 1 heterocycles. The Morgan fingerprint density at radius 2 is 2.16 bits per heavy atom. The lowest BCUT2D eigenvalue weighted by Crippen LogP contribution is -1.99. The molecule has 1 atom stereocenters. The molecule has 0 spiro atoms.